The Morgan fingerprint density at radius 2 is 1.77 bits per heavy atom. The molecule has 0 amide bonds. The molecule has 0 saturated carbocycles. The fourth-order valence-corrected chi connectivity index (χ4v) is 2.55. The van der Waals surface area contributed by atoms with Crippen molar-refractivity contribution in [3.8, 4) is 0 Å². The van der Waals surface area contributed by atoms with Crippen molar-refractivity contribution >= 4 is 0 Å². The molecule has 0 radical (unpaired) electrons. The lowest BCUT2D eigenvalue weighted by Gasteiger charge is -2.36. The van der Waals surface area contributed by atoms with Crippen LogP contribution in [-0.2, 0) is 0 Å². The molecule has 2 aliphatic rings. The molecule has 13 heavy (non-hydrogen) atoms. The smallest absolute Gasteiger partial charge is 0.0165 e. The van der Waals surface area contributed by atoms with Crippen LogP contribution in [0, 0.1) is 5.92 Å². The largest absolute Gasteiger partial charge is 0.327 e. The van der Waals surface area contributed by atoms with Gasteiger partial charge in [-0.15, -0.1) is 0 Å². The highest BCUT2D eigenvalue weighted by molar-refractivity contribution is 4.86. The topological polar surface area (TPSA) is 50.1 Å². The van der Waals surface area contributed by atoms with Crippen LogP contribution in [0.3, 0.4) is 0 Å². The maximum atomic E-state index is 5.85. The third kappa shape index (κ3) is 2.42. The number of nitrogens with one attached hydrogen (secondary N) is 2. The molecular formula is C10H21N3. The summed E-state index contributed by atoms with van der Waals surface area (Å²) in [5.74, 6) is 0.897. The highest BCUT2D eigenvalue weighted by Gasteiger charge is 2.26. The monoisotopic (exact) mass is 183 g/mol. The first kappa shape index (κ1) is 9.44. The van der Waals surface area contributed by atoms with Crippen LogP contribution in [0.4, 0.5) is 0 Å². The molecule has 2 rings (SSSR count). The van der Waals surface area contributed by atoms with E-state index in [-0.39, 0.29) is 0 Å². The van der Waals surface area contributed by atoms with Crippen LogP contribution in [0.1, 0.15) is 25.7 Å². The average molecular weight is 183 g/mol. The van der Waals surface area contributed by atoms with Crippen molar-refractivity contribution in [2.75, 3.05) is 19.6 Å². The molecule has 2 aliphatic heterocycles. The summed E-state index contributed by atoms with van der Waals surface area (Å²) in [6.45, 7) is 3.43. The molecule has 2 fully saturated rings. The zero-order valence-electron chi connectivity index (χ0n) is 8.26. The first-order chi connectivity index (χ1) is 6.36. The van der Waals surface area contributed by atoms with Crippen LogP contribution < -0.4 is 16.4 Å². The van der Waals surface area contributed by atoms with E-state index in [2.05, 4.69) is 10.6 Å². The van der Waals surface area contributed by atoms with Crippen LogP contribution in [0.15, 0.2) is 0 Å². The number of rotatable bonds is 1. The van der Waals surface area contributed by atoms with Crippen molar-refractivity contribution in [2.24, 2.45) is 11.7 Å². The molecule has 76 valence electrons. The first-order valence-electron chi connectivity index (χ1n) is 5.56. The van der Waals surface area contributed by atoms with E-state index in [0.29, 0.717) is 6.04 Å². The maximum Gasteiger partial charge on any atom is 0.0165 e. The van der Waals surface area contributed by atoms with Crippen LogP contribution in [0.25, 0.3) is 0 Å². The van der Waals surface area contributed by atoms with Crippen molar-refractivity contribution < 1.29 is 0 Å². The van der Waals surface area contributed by atoms with Crippen LogP contribution >= 0.6 is 0 Å². The van der Waals surface area contributed by atoms with Crippen molar-refractivity contribution in [1.29, 1.82) is 0 Å². The lowest BCUT2D eigenvalue weighted by Crippen LogP contribution is -2.50. The van der Waals surface area contributed by atoms with Crippen LogP contribution in [0.5, 0.6) is 0 Å². The Hall–Kier alpha value is -0.120. The number of hydrogen-bond donors (Lipinski definition) is 3. The van der Waals surface area contributed by atoms with Crippen molar-refractivity contribution in [1.82, 2.24) is 10.6 Å². The molecule has 2 saturated heterocycles. The second-order valence-electron chi connectivity index (χ2n) is 4.44. The van der Waals surface area contributed by atoms with E-state index in [9.17, 15) is 0 Å². The van der Waals surface area contributed by atoms with Crippen LogP contribution in [-0.4, -0.2) is 31.7 Å². The standard InChI is InChI=1S/C10H21N3/c11-9-1-2-10(13-7-9)8-3-5-12-6-4-8/h8-10,12-13H,1-7,11H2. The van der Waals surface area contributed by atoms with E-state index in [1.165, 1.54) is 38.8 Å². The SMILES string of the molecule is NC1CCC(C2CCNCC2)NC1. The molecule has 3 nitrogen and oxygen atoms in total. The lowest BCUT2D eigenvalue weighted by molar-refractivity contribution is 0.233. The van der Waals surface area contributed by atoms with E-state index in [0.717, 1.165) is 18.5 Å². The third-order valence-corrected chi connectivity index (χ3v) is 3.44. The predicted molar refractivity (Wildman–Crippen MR) is 54.6 cm³/mol. The predicted octanol–water partition coefficient (Wildman–Crippen LogP) is 0.0653. The number of hydrogen-bond acceptors (Lipinski definition) is 3. The fraction of sp³-hybridized carbons (Fsp3) is 1.00. The van der Waals surface area contributed by atoms with Gasteiger partial charge in [-0.25, -0.2) is 0 Å². The van der Waals surface area contributed by atoms with E-state index in [1.807, 2.05) is 0 Å². The Bertz CT molecular complexity index is 146. The van der Waals surface area contributed by atoms with Gasteiger partial charge in [-0.1, -0.05) is 0 Å². The van der Waals surface area contributed by atoms with Gasteiger partial charge in [0.15, 0.2) is 0 Å². The molecule has 4 N–H and O–H groups in total. The van der Waals surface area contributed by atoms with Crippen molar-refractivity contribution in [3.05, 3.63) is 0 Å². The van der Waals surface area contributed by atoms with Gasteiger partial charge in [0.05, 0.1) is 0 Å². The van der Waals surface area contributed by atoms with Gasteiger partial charge in [0.1, 0.15) is 0 Å². The average Bonchev–Trinajstić information content (AvgIpc) is 2.20. The lowest BCUT2D eigenvalue weighted by atomic mass is 9.85. The minimum atomic E-state index is 0.401. The Labute approximate surface area is 80.5 Å². The van der Waals surface area contributed by atoms with Gasteiger partial charge in [0.2, 0.25) is 0 Å². The molecule has 2 heterocycles. The van der Waals surface area contributed by atoms with E-state index >= 15 is 0 Å². The Balaban J connectivity index is 1.79. The molecule has 0 spiro atoms. The number of nitrogens with two attached hydrogens (primary N) is 1. The molecule has 2 unspecified atom stereocenters. The summed E-state index contributed by atoms with van der Waals surface area (Å²) >= 11 is 0. The van der Waals surface area contributed by atoms with Gasteiger partial charge in [0, 0.05) is 18.6 Å². The summed E-state index contributed by atoms with van der Waals surface area (Å²) in [5, 5.41) is 7.00. The molecule has 0 aromatic carbocycles. The zero-order valence-corrected chi connectivity index (χ0v) is 8.26. The quantitative estimate of drug-likeness (QED) is 0.539. The van der Waals surface area contributed by atoms with Gasteiger partial charge in [-0.05, 0) is 44.7 Å². The maximum absolute atomic E-state index is 5.85. The highest BCUT2D eigenvalue weighted by atomic mass is 15.0. The normalized spacial score (nSPS) is 37.6. The summed E-state index contributed by atoms with van der Waals surface area (Å²) in [6, 6.07) is 1.15. The van der Waals surface area contributed by atoms with E-state index in [4.69, 9.17) is 5.73 Å². The molecule has 2 atom stereocenters. The minimum Gasteiger partial charge on any atom is -0.327 e. The summed E-state index contributed by atoms with van der Waals surface area (Å²) in [6.07, 6.45) is 5.17. The second kappa shape index (κ2) is 4.40. The van der Waals surface area contributed by atoms with E-state index in [1.54, 1.807) is 0 Å². The van der Waals surface area contributed by atoms with Gasteiger partial charge in [-0.2, -0.15) is 0 Å². The van der Waals surface area contributed by atoms with Gasteiger partial charge < -0.3 is 16.4 Å². The summed E-state index contributed by atoms with van der Waals surface area (Å²) in [7, 11) is 0. The van der Waals surface area contributed by atoms with Crippen LogP contribution in [0.2, 0.25) is 0 Å². The molecule has 0 aromatic heterocycles. The molecule has 0 aliphatic carbocycles. The van der Waals surface area contributed by atoms with Crippen molar-refractivity contribution in [2.45, 2.75) is 37.8 Å². The Morgan fingerprint density at radius 1 is 1.00 bits per heavy atom. The fourth-order valence-electron chi connectivity index (χ4n) is 2.55. The zero-order chi connectivity index (χ0) is 9.10. The number of piperidine rings is 2. The van der Waals surface area contributed by atoms with Crippen molar-refractivity contribution in [3.63, 3.8) is 0 Å². The summed E-state index contributed by atoms with van der Waals surface area (Å²) < 4.78 is 0. The molecular weight excluding hydrogens is 162 g/mol. The minimum absolute atomic E-state index is 0.401. The molecule has 0 bridgehead atoms. The van der Waals surface area contributed by atoms with Gasteiger partial charge in [-0.3, -0.25) is 0 Å². The Morgan fingerprint density at radius 3 is 2.38 bits per heavy atom. The highest BCUT2D eigenvalue weighted by Crippen LogP contribution is 2.22. The Kier molecular flexibility index (Phi) is 3.19. The summed E-state index contributed by atoms with van der Waals surface area (Å²) in [4.78, 5) is 0. The first-order valence-corrected chi connectivity index (χ1v) is 5.56. The molecule has 0 aromatic rings. The van der Waals surface area contributed by atoms with Gasteiger partial charge in [0.25, 0.3) is 0 Å². The molecule has 3 heteroatoms. The summed E-state index contributed by atoms with van der Waals surface area (Å²) in [5.41, 5.74) is 5.85. The third-order valence-electron chi connectivity index (χ3n) is 3.44. The van der Waals surface area contributed by atoms with E-state index < -0.39 is 0 Å². The second-order valence-corrected chi connectivity index (χ2v) is 4.44. The van der Waals surface area contributed by atoms with Gasteiger partial charge >= 0.3 is 0 Å².